The van der Waals surface area contributed by atoms with Crippen LogP contribution >= 0.6 is 0 Å². The summed E-state index contributed by atoms with van der Waals surface area (Å²) in [4.78, 5) is 22.5. The van der Waals surface area contributed by atoms with Crippen molar-refractivity contribution in [1.29, 1.82) is 0 Å². The summed E-state index contributed by atoms with van der Waals surface area (Å²) in [5, 5.41) is 0. The highest BCUT2D eigenvalue weighted by Gasteiger charge is 2.50. The number of hydrogen-bond donors (Lipinski definition) is 2. The number of amides is 1. The van der Waals surface area contributed by atoms with Gasteiger partial charge in [-0.25, -0.2) is 4.98 Å². The van der Waals surface area contributed by atoms with Gasteiger partial charge in [-0.2, -0.15) is 0 Å². The van der Waals surface area contributed by atoms with Gasteiger partial charge in [0.15, 0.2) is 0 Å². The van der Waals surface area contributed by atoms with Gasteiger partial charge in [0, 0.05) is 6.54 Å². The molecule has 2 bridgehead atoms. The number of likely N-dealkylation sites (tertiary alicyclic amines) is 1. The topological polar surface area (TPSA) is 75.0 Å². The van der Waals surface area contributed by atoms with Gasteiger partial charge in [0.1, 0.15) is 11.3 Å². The second kappa shape index (κ2) is 4.81. The number of H-pyrrole nitrogens is 1. The van der Waals surface area contributed by atoms with Crippen LogP contribution in [0.5, 0.6) is 0 Å². The summed E-state index contributed by atoms with van der Waals surface area (Å²) in [7, 11) is 0. The normalized spacial score (nSPS) is 28.3. The van der Waals surface area contributed by atoms with Crippen LogP contribution in [0.4, 0.5) is 0 Å². The van der Waals surface area contributed by atoms with Gasteiger partial charge in [-0.3, -0.25) is 9.69 Å². The van der Waals surface area contributed by atoms with Crippen LogP contribution in [0, 0.1) is 5.92 Å². The summed E-state index contributed by atoms with van der Waals surface area (Å²) >= 11 is 0. The summed E-state index contributed by atoms with van der Waals surface area (Å²) in [6.07, 6.45) is 4.89. The quantitative estimate of drug-likeness (QED) is 0.913. The number of primary amides is 1. The van der Waals surface area contributed by atoms with E-state index in [4.69, 9.17) is 10.7 Å². The Balaban J connectivity index is 1.87. The number of aromatic nitrogens is 2. The van der Waals surface area contributed by atoms with Gasteiger partial charge >= 0.3 is 0 Å². The third-order valence-electron chi connectivity index (χ3n) is 5.51. The molecule has 1 aliphatic carbocycles. The molecule has 5 heteroatoms. The number of aromatic amines is 1. The Hall–Kier alpha value is -1.88. The van der Waals surface area contributed by atoms with Crippen LogP contribution in [0.15, 0.2) is 18.2 Å². The van der Waals surface area contributed by atoms with Gasteiger partial charge in [0.2, 0.25) is 0 Å². The Bertz CT molecular complexity index is 737. The number of nitrogens with one attached hydrogen (secondary N) is 1. The molecule has 2 atom stereocenters. The third-order valence-corrected chi connectivity index (χ3v) is 5.51. The van der Waals surface area contributed by atoms with Crippen LogP contribution in [-0.4, -0.2) is 33.9 Å². The standard InChI is InChI=1S/C17H22N4O/c1-2-21-10-11-5-4-8-17(21,9-11)16-19-13-7-3-6-12(15(18)22)14(13)20-16/h3,6-7,11H,2,4-5,8-10H2,1H3,(H2,18,22)(H,19,20)/t11-,17+/m0/s1. The molecule has 0 spiro atoms. The van der Waals surface area contributed by atoms with Crippen LogP contribution in [-0.2, 0) is 5.54 Å². The molecule has 2 fully saturated rings. The minimum atomic E-state index is -0.415. The van der Waals surface area contributed by atoms with Crippen molar-refractivity contribution in [3.05, 3.63) is 29.6 Å². The second-order valence-corrected chi connectivity index (χ2v) is 6.68. The zero-order valence-corrected chi connectivity index (χ0v) is 12.9. The maximum absolute atomic E-state index is 11.6. The number of benzene rings is 1. The fourth-order valence-corrected chi connectivity index (χ4v) is 4.54. The molecule has 2 heterocycles. The molecule has 1 aromatic carbocycles. The zero-order chi connectivity index (χ0) is 15.3. The van der Waals surface area contributed by atoms with Crippen LogP contribution in [0.3, 0.4) is 0 Å². The number of hydrogen-bond acceptors (Lipinski definition) is 3. The number of para-hydroxylation sites is 1. The van der Waals surface area contributed by atoms with E-state index in [2.05, 4.69) is 16.8 Å². The van der Waals surface area contributed by atoms with Crippen molar-refractivity contribution in [3.63, 3.8) is 0 Å². The first-order valence-corrected chi connectivity index (χ1v) is 8.18. The lowest BCUT2D eigenvalue weighted by atomic mass is 9.79. The molecule has 2 aromatic rings. The maximum atomic E-state index is 11.6. The number of carbonyl (C=O) groups is 1. The van der Waals surface area contributed by atoms with Gasteiger partial charge in [-0.05, 0) is 43.9 Å². The van der Waals surface area contributed by atoms with E-state index in [0.29, 0.717) is 11.1 Å². The minimum absolute atomic E-state index is 0.0194. The van der Waals surface area contributed by atoms with E-state index < -0.39 is 5.91 Å². The van der Waals surface area contributed by atoms with Gasteiger partial charge in [-0.15, -0.1) is 0 Å². The highest BCUT2D eigenvalue weighted by atomic mass is 16.1. The van der Waals surface area contributed by atoms with Crippen molar-refractivity contribution >= 4 is 16.9 Å². The number of nitrogens with zero attached hydrogens (tertiary/aromatic N) is 2. The molecule has 1 saturated heterocycles. The predicted molar refractivity (Wildman–Crippen MR) is 85.5 cm³/mol. The number of imidazole rings is 1. The first kappa shape index (κ1) is 13.8. The van der Waals surface area contributed by atoms with E-state index in [1.165, 1.54) is 19.3 Å². The molecule has 1 aliphatic heterocycles. The van der Waals surface area contributed by atoms with Crippen LogP contribution in [0.2, 0.25) is 0 Å². The van der Waals surface area contributed by atoms with E-state index in [0.717, 1.165) is 36.8 Å². The SMILES string of the molecule is CCN1C[C@H]2CCC[C@]1(c1nc3c(C(N)=O)cccc3[nH]1)C2. The number of carbonyl (C=O) groups excluding carboxylic acids is 1. The molecule has 1 aromatic heterocycles. The molecule has 5 nitrogen and oxygen atoms in total. The highest BCUT2D eigenvalue weighted by molar-refractivity contribution is 6.04. The van der Waals surface area contributed by atoms with Crippen molar-refractivity contribution in [2.24, 2.45) is 11.7 Å². The van der Waals surface area contributed by atoms with Crippen LogP contribution in [0.25, 0.3) is 11.0 Å². The largest absolute Gasteiger partial charge is 0.366 e. The second-order valence-electron chi connectivity index (χ2n) is 6.68. The maximum Gasteiger partial charge on any atom is 0.250 e. The van der Waals surface area contributed by atoms with E-state index in [-0.39, 0.29) is 5.54 Å². The first-order chi connectivity index (χ1) is 10.6. The van der Waals surface area contributed by atoms with Crippen molar-refractivity contribution in [3.8, 4) is 0 Å². The Morgan fingerprint density at radius 3 is 3.18 bits per heavy atom. The van der Waals surface area contributed by atoms with Crippen molar-refractivity contribution in [2.45, 2.75) is 38.1 Å². The van der Waals surface area contributed by atoms with Gasteiger partial charge in [0.25, 0.3) is 5.91 Å². The summed E-state index contributed by atoms with van der Waals surface area (Å²) in [5.74, 6) is 1.37. The average molecular weight is 298 g/mol. The van der Waals surface area contributed by atoms with Crippen molar-refractivity contribution in [2.75, 3.05) is 13.1 Å². The molecule has 3 N–H and O–H groups in total. The molecule has 0 unspecified atom stereocenters. The smallest absolute Gasteiger partial charge is 0.250 e. The lowest BCUT2D eigenvalue weighted by molar-refractivity contribution is 0.100. The molecule has 116 valence electrons. The average Bonchev–Trinajstić information content (AvgIpc) is 3.06. The molecule has 22 heavy (non-hydrogen) atoms. The first-order valence-electron chi connectivity index (χ1n) is 8.18. The monoisotopic (exact) mass is 298 g/mol. The number of rotatable bonds is 3. The highest BCUT2D eigenvalue weighted by Crippen LogP contribution is 2.49. The van der Waals surface area contributed by atoms with Gasteiger partial charge < -0.3 is 10.7 Å². The van der Waals surface area contributed by atoms with E-state index in [1.54, 1.807) is 6.07 Å². The van der Waals surface area contributed by atoms with Crippen LogP contribution < -0.4 is 5.73 Å². The molecule has 0 radical (unpaired) electrons. The fourth-order valence-electron chi connectivity index (χ4n) is 4.54. The Morgan fingerprint density at radius 1 is 1.55 bits per heavy atom. The molecule has 1 saturated carbocycles. The lowest BCUT2D eigenvalue weighted by Crippen LogP contribution is -2.42. The minimum Gasteiger partial charge on any atom is -0.366 e. The Labute approximate surface area is 129 Å². The van der Waals surface area contributed by atoms with E-state index >= 15 is 0 Å². The van der Waals surface area contributed by atoms with Gasteiger partial charge in [-0.1, -0.05) is 19.4 Å². The van der Waals surface area contributed by atoms with Crippen molar-refractivity contribution < 1.29 is 4.79 Å². The third kappa shape index (κ3) is 1.81. The number of fused-ring (bicyclic) bond motifs is 3. The Kier molecular flexibility index (Phi) is 3.01. The molecular formula is C17H22N4O. The molecular weight excluding hydrogens is 276 g/mol. The van der Waals surface area contributed by atoms with E-state index in [9.17, 15) is 4.79 Å². The molecule has 2 aliphatic rings. The Morgan fingerprint density at radius 2 is 2.41 bits per heavy atom. The fraction of sp³-hybridized carbons (Fsp3) is 0.529. The summed E-state index contributed by atoms with van der Waals surface area (Å²) in [6, 6.07) is 5.58. The zero-order valence-electron chi connectivity index (χ0n) is 12.9. The lowest BCUT2D eigenvalue weighted by Gasteiger charge is -2.37. The number of nitrogens with two attached hydrogens (primary N) is 1. The summed E-state index contributed by atoms with van der Waals surface area (Å²) in [6.45, 7) is 4.42. The van der Waals surface area contributed by atoms with Crippen LogP contribution in [0.1, 0.15) is 48.8 Å². The molecule has 4 rings (SSSR count). The van der Waals surface area contributed by atoms with Gasteiger partial charge in [0.05, 0.1) is 16.6 Å². The summed E-state index contributed by atoms with van der Waals surface area (Å²) < 4.78 is 0. The van der Waals surface area contributed by atoms with E-state index in [1.807, 2.05) is 12.1 Å². The van der Waals surface area contributed by atoms with Crippen molar-refractivity contribution in [1.82, 2.24) is 14.9 Å². The molecule has 1 amide bonds. The predicted octanol–water partition coefficient (Wildman–Crippen LogP) is 2.38. The summed E-state index contributed by atoms with van der Waals surface area (Å²) in [5.41, 5.74) is 7.64.